The zero-order valence-electron chi connectivity index (χ0n) is 23.1. The molecule has 0 radical (unpaired) electrons. The Balaban J connectivity index is 0.00000462. The molecule has 0 aliphatic carbocycles. The molecule has 0 aromatic heterocycles. The van der Waals surface area contributed by atoms with E-state index in [0.29, 0.717) is 18.1 Å². The second kappa shape index (κ2) is 14.3. The fourth-order valence-corrected chi connectivity index (χ4v) is 4.68. The van der Waals surface area contributed by atoms with Crippen LogP contribution in [0.5, 0.6) is 0 Å². The molecule has 2 aromatic carbocycles. The van der Waals surface area contributed by atoms with Crippen molar-refractivity contribution in [1.29, 1.82) is 0 Å². The molecule has 10 heteroatoms. The second-order valence-corrected chi connectivity index (χ2v) is 11.2. The minimum Gasteiger partial charge on any atom is -0.748 e. The predicted molar refractivity (Wildman–Crippen MR) is 155 cm³/mol. The maximum absolute atomic E-state index is 11.2. The van der Waals surface area contributed by atoms with Crippen molar-refractivity contribution in [3.05, 3.63) is 113 Å². The Morgan fingerprint density at radius 1 is 1.10 bits per heavy atom. The van der Waals surface area contributed by atoms with Crippen molar-refractivity contribution >= 4 is 33.8 Å². The van der Waals surface area contributed by atoms with E-state index in [4.69, 9.17) is 10.1 Å². The topological polar surface area (TPSA) is 122 Å². The minimum atomic E-state index is -4.32. The first kappa shape index (κ1) is 32.6. The van der Waals surface area contributed by atoms with Gasteiger partial charge in [0.05, 0.1) is 27.1 Å². The smallest absolute Gasteiger partial charge is 0.748 e. The van der Waals surface area contributed by atoms with Crippen LogP contribution in [0, 0.1) is 17.3 Å². The van der Waals surface area contributed by atoms with Crippen LogP contribution in [-0.4, -0.2) is 53.3 Å². The number of carboxylic acid groups (broad SMARTS) is 1. The number of fused-ring (bicyclic) bond motifs is 1. The van der Waals surface area contributed by atoms with Gasteiger partial charge >= 0.3 is 57.4 Å². The van der Waals surface area contributed by atoms with Crippen LogP contribution in [-0.2, 0) is 10.1 Å². The van der Waals surface area contributed by atoms with Gasteiger partial charge in [-0.15, -0.1) is 0 Å². The number of hydrogen-bond acceptors (Lipinski definition) is 7. The van der Waals surface area contributed by atoms with E-state index in [1.165, 1.54) is 12.1 Å². The fourth-order valence-electron chi connectivity index (χ4n) is 4.19. The van der Waals surface area contributed by atoms with Crippen molar-refractivity contribution in [2.24, 2.45) is 15.4 Å². The molecule has 0 atom stereocenters. The van der Waals surface area contributed by atoms with Gasteiger partial charge in [-0.1, -0.05) is 50.0 Å². The zero-order valence-corrected chi connectivity index (χ0v) is 27.1. The van der Waals surface area contributed by atoms with Crippen molar-refractivity contribution in [3.8, 4) is 11.8 Å². The Kier molecular flexibility index (Phi) is 11.4. The second-order valence-electron chi connectivity index (χ2n) is 9.69. The molecule has 0 saturated carbocycles. The van der Waals surface area contributed by atoms with E-state index < -0.39 is 27.3 Å². The number of benzene rings is 2. The van der Waals surface area contributed by atoms with E-state index in [-0.39, 0.29) is 63.4 Å². The van der Waals surface area contributed by atoms with Crippen molar-refractivity contribution in [2.75, 3.05) is 12.3 Å². The molecule has 2 heterocycles. The molecule has 204 valence electrons. The molecule has 0 fully saturated rings. The normalized spacial score (nSPS) is 16.9. The summed E-state index contributed by atoms with van der Waals surface area (Å²) in [7, 11) is -4.32. The monoisotopic (exact) mass is 593 g/mol. The molecule has 0 bridgehead atoms. The summed E-state index contributed by atoms with van der Waals surface area (Å²) in [4.78, 5) is 22.0. The van der Waals surface area contributed by atoms with Crippen LogP contribution in [0.4, 0.5) is 5.69 Å². The number of amidine groups is 1. The van der Waals surface area contributed by atoms with Gasteiger partial charge in [-0.3, -0.25) is 4.99 Å². The first-order valence-electron chi connectivity index (χ1n) is 12.6. The summed E-state index contributed by atoms with van der Waals surface area (Å²) in [6.45, 7) is 4.42. The van der Waals surface area contributed by atoms with Gasteiger partial charge in [-0.25, -0.2) is 18.2 Å². The van der Waals surface area contributed by atoms with Gasteiger partial charge in [0.15, 0.2) is 0 Å². The number of carboxylic acids is 1. The molecular formula is C31H28KN3O5S. The van der Waals surface area contributed by atoms with Crippen molar-refractivity contribution in [2.45, 2.75) is 20.3 Å². The van der Waals surface area contributed by atoms with Crippen molar-refractivity contribution < 1.29 is 74.3 Å². The fraction of sp³-hybridized carbons (Fsp3) is 0.194. The molecule has 0 unspecified atom stereocenters. The number of nitrogens with zero attached hydrogens (tertiary/aromatic N) is 3. The summed E-state index contributed by atoms with van der Waals surface area (Å²) in [5.41, 5.74) is 3.76. The summed E-state index contributed by atoms with van der Waals surface area (Å²) in [5, 5.41) is 9.00. The maximum Gasteiger partial charge on any atom is 1.00 e. The van der Waals surface area contributed by atoms with E-state index in [2.05, 4.69) is 30.7 Å². The third kappa shape index (κ3) is 9.05. The number of rotatable bonds is 8. The van der Waals surface area contributed by atoms with E-state index in [9.17, 15) is 17.8 Å². The standard InChI is InChI=1S/C31H29N3O5S.K/c1-31(2)27-21-24(13-12-23-9-4-3-5-10-23)22-34(19-8-20-40(37,38)39)29(27)33-28(31)11-6-7-18-32-26-16-14-25(15-17-26)30(35)36;/h3-7,9-11,14-18,21-22H,8,19-20H2,1-2H3,(H,35,36)(H,37,38,39);/q;+1/p-1/b7-6+,28-11-,32-18?;. The quantitative estimate of drug-likeness (QED) is 0.217. The van der Waals surface area contributed by atoms with E-state index in [1.807, 2.05) is 59.7 Å². The third-order valence-electron chi connectivity index (χ3n) is 6.36. The third-order valence-corrected chi connectivity index (χ3v) is 7.14. The molecule has 0 spiro atoms. The first-order valence-corrected chi connectivity index (χ1v) is 14.2. The SMILES string of the molecule is CC1(C)C2=CC(C#Cc3ccccc3)=CN(CCCS(=O)(=O)[O-])C2=N/C1=C\C=C\C=Nc1ccc(C(=O)O)cc1.[K+]. The van der Waals surface area contributed by atoms with Crippen molar-refractivity contribution in [3.63, 3.8) is 0 Å². The molecule has 4 rings (SSSR count). The zero-order chi connectivity index (χ0) is 28.8. The first-order chi connectivity index (χ1) is 19.0. The predicted octanol–water partition coefficient (Wildman–Crippen LogP) is 2.08. The molecule has 0 amide bonds. The Morgan fingerprint density at radius 3 is 2.46 bits per heavy atom. The van der Waals surface area contributed by atoms with Gasteiger partial charge in [-0.2, -0.15) is 0 Å². The average Bonchev–Trinajstić information content (AvgIpc) is 3.17. The molecule has 2 aliphatic heterocycles. The van der Waals surface area contributed by atoms with E-state index in [1.54, 1.807) is 24.4 Å². The molecule has 41 heavy (non-hydrogen) atoms. The minimum absolute atomic E-state index is 0. The van der Waals surface area contributed by atoms with Crippen LogP contribution in [0.1, 0.15) is 36.2 Å². The van der Waals surface area contributed by atoms with Gasteiger partial charge in [0.25, 0.3) is 0 Å². The van der Waals surface area contributed by atoms with Gasteiger partial charge in [-0.05, 0) is 61.0 Å². The van der Waals surface area contributed by atoms with Crippen LogP contribution >= 0.6 is 0 Å². The Hall–Kier alpha value is -2.88. The molecular weight excluding hydrogens is 566 g/mol. The van der Waals surface area contributed by atoms with Crippen molar-refractivity contribution in [1.82, 2.24) is 4.90 Å². The number of aromatic carboxylic acids is 1. The van der Waals surface area contributed by atoms with Gasteiger partial charge < -0.3 is 14.6 Å². The number of hydrogen-bond donors (Lipinski definition) is 1. The largest absolute Gasteiger partial charge is 1.00 e. The number of allylic oxidation sites excluding steroid dienone is 6. The van der Waals surface area contributed by atoms with E-state index >= 15 is 0 Å². The molecule has 2 aromatic rings. The molecule has 0 saturated heterocycles. The van der Waals surface area contributed by atoms with Crippen LogP contribution in [0.25, 0.3) is 0 Å². The van der Waals surface area contributed by atoms with Crippen LogP contribution < -0.4 is 51.4 Å². The average molecular weight is 594 g/mol. The maximum atomic E-state index is 11.2. The number of aliphatic imine (C=N–C) groups is 2. The Bertz CT molecular complexity index is 1640. The van der Waals surface area contributed by atoms with Gasteiger partial charge in [0.1, 0.15) is 5.84 Å². The summed E-state index contributed by atoms with van der Waals surface area (Å²) in [5.74, 6) is 5.61. The summed E-state index contributed by atoms with van der Waals surface area (Å²) < 4.78 is 33.5. The Morgan fingerprint density at radius 2 is 1.80 bits per heavy atom. The number of carbonyl (C=O) groups is 1. The van der Waals surface area contributed by atoms with Crippen LogP contribution in [0.15, 0.2) is 112 Å². The summed E-state index contributed by atoms with van der Waals surface area (Å²) in [6.07, 6.45) is 11.1. The van der Waals surface area contributed by atoms with Crippen LogP contribution in [0.2, 0.25) is 0 Å². The van der Waals surface area contributed by atoms with Gasteiger partial charge in [0.2, 0.25) is 0 Å². The van der Waals surface area contributed by atoms with Gasteiger partial charge in [0, 0.05) is 46.8 Å². The van der Waals surface area contributed by atoms with E-state index in [0.717, 1.165) is 22.4 Å². The van der Waals surface area contributed by atoms with Crippen LogP contribution in [0.3, 0.4) is 0 Å². The Labute approximate surface area is 283 Å². The molecule has 1 N–H and O–H groups in total. The summed E-state index contributed by atoms with van der Waals surface area (Å²) in [6, 6.07) is 15.9. The molecule has 2 aliphatic rings. The molecule has 8 nitrogen and oxygen atoms in total. The summed E-state index contributed by atoms with van der Waals surface area (Å²) >= 11 is 0.